The minimum atomic E-state index is -0.518. The van der Waals surface area contributed by atoms with Gasteiger partial charge in [0.15, 0.2) is 0 Å². The van der Waals surface area contributed by atoms with E-state index < -0.39 is 7.92 Å². The Labute approximate surface area is 164 Å². The molecule has 0 bridgehead atoms. The topological polar surface area (TPSA) is 0 Å². The summed E-state index contributed by atoms with van der Waals surface area (Å²) in [6.45, 7) is 13.6. The third-order valence-corrected chi connectivity index (χ3v) is 9.05. The second-order valence-corrected chi connectivity index (χ2v) is 11.0. The van der Waals surface area contributed by atoms with Crippen molar-refractivity contribution in [2.24, 2.45) is 0 Å². The van der Waals surface area contributed by atoms with Crippen molar-refractivity contribution in [3.8, 4) is 0 Å². The van der Waals surface area contributed by atoms with E-state index in [2.05, 4.69) is 96.1 Å². The molecule has 3 aromatic rings. The summed E-state index contributed by atoms with van der Waals surface area (Å²) in [5, 5.41) is 4.45. The van der Waals surface area contributed by atoms with Crippen LogP contribution in [0.2, 0.25) is 0 Å². The van der Waals surface area contributed by atoms with Gasteiger partial charge in [0.05, 0.1) is 0 Å². The van der Waals surface area contributed by atoms with Gasteiger partial charge in [-0.05, 0) is 55.6 Å². The molecule has 0 saturated heterocycles. The largest absolute Gasteiger partial charge is 0.144 e. The van der Waals surface area contributed by atoms with Crippen LogP contribution in [0.25, 0.3) is 0 Å². The molecule has 136 valence electrons. The van der Waals surface area contributed by atoms with Crippen LogP contribution in [0.5, 0.6) is 0 Å². The second kappa shape index (κ2) is 8.07. The molecule has 0 radical (unpaired) electrons. The molecule has 0 amide bonds. The van der Waals surface area contributed by atoms with Crippen LogP contribution < -0.4 is 15.9 Å². The summed E-state index contributed by atoms with van der Waals surface area (Å²) in [6, 6.07) is 20.8. The van der Waals surface area contributed by atoms with E-state index in [1.807, 2.05) is 11.3 Å². The van der Waals surface area contributed by atoms with Crippen LogP contribution in [0.1, 0.15) is 60.4 Å². The molecule has 26 heavy (non-hydrogen) atoms. The van der Waals surface area contributed by atoms with Crippen molar-refractivity contribution >= 4 is 35.2 Å². The Hall–Kier alpha value is -1.43. The van der Waals surface area contributed by atoms with Gasteiger partial charge >= 0.3 is 0 Å². The summed E-state index contributed by atoms with van der Waals surface area (Å²) in [5.74, 6) is 1.14. The van der Waals surface area contributed by atoms with Crippen LogP contribution in [0.4, 0.5) is 0 Å². The lowest BCUT2D eigenvalue weighted by Crippen LogP contribution is -2.22. The molecule has 0 nitrogen and oxygen atoms in total. The van der Waals surface area contributed by atoms with E-state index in [-0.39, 0.29) is 0 Å². The Balaban J connectivity index is 2.20. The van der Waals surface area contributed by atoms with E-state index in [1.165, 1.54) is 26.6 Å². The zero-order valence-corrected chi connectivity index (χ0v) is 18.4. The third-order valence-electron chi connectivity index (χ3n) is 4.68. The van der Waals surface area contributed by atoms with Gasteiger partial charge in [-0.15, -0.1) is 11.3 Å². The van der Waals surface area contributed by atoms with E-state index in [0.717, 1.165) is 0 Å². The standard InChI is InChI=1S/C24H29PS/c1-16(2)23-15-22(24(26-23)17(3)4)25(20-11-7-18(5)8-12-20)21-13-9-19(6)10-14-21/h7-17H,1-6H3. The highest BCUT2D eigenvalue weighted by molar-refractivity contribution is 7.80. The van der Waals surface area contributed by atoms with Crippen molar-refractivity contribution < 1.29 is 0 Å². The van der Waals surface area contributed by atoms with Crippen molar-refractivity contribution in [2.45, 2.75) is 53.4 Å². The molecule has 0 aliphatic carbocycles. The number of rotatable bonds is 5. The first kappa shape index (κ1) is 19.3. The van der Waals surface area contributed by atoms with Crippen LogP contribution in [-0.2, 0) is 0 Å². The minimum absolute atomic E-state index is 0.518. The predicted molar refractivity (Wildman–Crippen MR) is 121 cm³/mol. The van der Waals surface area contributed by atoms with Crippen molar-refractivity contribution in [1.82, 2.24) is 0 Å². The number of hydrogen-bond acceptors (Lipinski definition) is 1. The van der Waals surface area contributed by atoms with Gasteiger partial charge in [-0.3, -0.25) is 0 Å². The van der Waals surface area contributed by atoms with Gasteiger partial charge in [-0.1, -0.05) is 87.4 Å². The third kappa shape index (κ3) is 4.11. The average molecular weight is 381 g/mol. The average Bonchev–Trinajstić information content (AvgIpc) is 3.04. The molecule has 1 heterocycles. The van der Waals surface area contributed by atoms with Gasteiger partial charge in [0.1, 0.15) is 0 Å². The molecule has 0 aliphatic rings. The highest BCUT2D eigenvalue weighted by Crippen LogP contribution is 2.40. The Bertz CT molecular complexity index is 809. The van der Waals surface area contributed by atoms with Gasteiger partial charge in [0.2, 0.25) is 0 Å². The van der Waals surface area contributed by atoms with E-state index in [1.54, 1.807) is 10.2 Å². The molecular formula is C24H29PS. The Morgan fingerprint density at radius 1 is 0.692 bits per heavy atom. The maximum atomic E-state index is 2.50. The zero-order valence-electron chi connectivity index (χ0n) is 16.7. The number of hydrogen-bond donors (Lipinski definition) is 0. The van der Waals surface area contributed by atoms with Crippen LogP contribution in [0.15, 0.2) is 54.6 Å². The van der Waals surface area contributed by atoms with Gasteiger partial charge < -0.3 is 0 Å². The van der Waals surface area contributed by atoms with Crippen LogP contribution in [0, 0.1) is 13.8 Å². The fourth-order valence-corrected chi connectivity index (χ4v) is 7.16. The van der Waals surface area contributed by atoms with Gasteiger partial charge in [0, 0.05) is 9.75 Å². The molecule has 0 fully saturated rings. The monoisotopic (exact) mass is 380 g/mol. The second-order valence-electron chi connectivity index (χ2n) is 7.71. The smallest absolute Gasteiger partial charge is 0.0157 e. The van der Waals surface area contributed by atoms with Crippen molar-refractivity contribution in [3.05, 3.63) is 75.5 Å². The first-order valence-corrected chi connectivity index (χ1v) is 11.6. The summed E-state index contributed by atoms with van der Waals surface area (Å²) in [5.41, 5.74) is 2.65. The maximum Gasteiger partial charge on any atom is 0.0157 e. The molecule has 0 spiro atoms. The first-order valence-electron chi connectivity index (χ1n) is 9.44. The van der Waals surface area contributed by atoms with Crippen LogP contribution in [-0.4, -0.2) is 0 Å². The SMILES string of the molecule is Cc1ccc(P(c2ccc(C)cc2)c2cc(C(C)C)sc2C(C)C)cc1. The van der Waals surface area contributed by atoms with E-state index in [0.29, 0.717) is 11.8 Å². The molecule has 0 aliphatic heterocycles. The summed E-state index contributed by atoms with van der Waals surface area (Å²) < 4.78 is 0. The molecular weight excluding hydrogens is 351 g/mol. The fourth-order valence-electron chi connectivity index (χ4n) is 3.10. The molecule has 2 heteroatoms. The van der Waals surface area contributed by atoms with E-state index in [9.17, 15) is 0 Å². The zero-order chi connectivity index (χ0) is 18.8. The summed E-state index contributed by atoms with van der Waals surface area (Å²) >= 11 is 2.02. The first-order chi connectivity index (χ1) is 12.4. The quantitative estimate of drug-likeness (QED) is 0.451. The summed E-state index contributed by atoms with van der Waals surface area (Å²) in [7, 11) is -0.518. The number of thiophene rings is 1. The molecule has 0 N–H and O–H groups in total. The predicted octanol–water partition coefficient (Wildman–Crippen LogP) is 6.37. The highest BCUT2D eigenvalue weighted by atomic mass is 32.1. The molecule has 2 aromatic carbocycles. The Kier molecular flexibility index (Phi) is 6.00. The van der Waals surface area contributed by atoms with Crippen molar-refractivity contribution in [2.75, 3.05) is 0 Å². The van der Waals surface area contributed by atoms with Crippen molar-refractivity contribution in [3.63, 3.8) is 0 Å². The fraction of sp³-hybridized carbons (Fsp3) is 0.333. The molecule has 0 unspecified atom stereocenters. The van der Waals surface area contributed by atoms with Crippen molar-refractivity contribution in [1.29, 1.82) is 0 Å². The lowest BCUT2D eigenvalue weighted by molar-refractivity contribution is 0.889. The molecule has 0 atom stereocenters. The minimum Gasteiger partial charge on any atom is -0.144 e. The van der Waals surface area contributed by atoms with E-state index >= 15 is 0 Å². The molecule has 3 rings (SSSR count). The van der Waals surface area contributed by atoms with Gasteiger partial charge in [-0.2, -0.15) is 0 Å². The van der Waals surface area contributed by atoms with Gasteiger partial charge in [-0.25, -0.2) is 0 Å². The highest BCUT2D eigenvalue weighted by Gasteiger charge is 2.24. The van der Waals surface area contributed by atoms with Crippen LogP contribution in [0.3, 0.4) is 0 Å². The summed E-state index contributed by atoms with van der Waals surface area (Å²) in [6.07, 6.45) is 0. The van der Waals surface area contributed by atoms with E-state index in [4.69, 9.17) is 0 Å². The normalized spacial score (nSPS) is 11.7. The Morgan fingerprint density at radius 3 is 1.54 bits per heavy atom. The van der Waals surface area contributed by atoms with Gasteiger partial charge in [0.25, 0.3) is 0 Å². The summed E-state index contributed by atoms with van der Waals surface area (Å²) in [4.78, 5) is 3.07. The number of aryl methyl sites for hydroxylation is 2. The Morgan fingerprint density at radius 2 is 1.15 bits per heavy atom. The molecule has 1 aromatic heterocycles. The maximum absolute atomic E-state index is 2.50. The number of benzene rings is 2. The lowest BCUT2D eigenvalue weighted by Gasteiger charge is -2.21. The van der Waals surface area contributed by atoms with Crippen LogP contribution >= 0.6 is 19.3 Å². The lowest BCUT2D eigenvalue weighted by atomic mass is 10.1. The molecule has 0 saturated carbocycles.